The molecule has 0 radical (unpaired) electrons. The molecule has 3 heteroatoms. The van der Waals surface area contributed by atoms with Crippen molar-refractivity contribution in [3.05, 3.63) is 28.8 Å². The summed E-state index contributed by atoms with van der Waals surface area (Å²) in [6.07, 6.45) is 5.81. The van der Waals surface area contributed by atoms with Crippen LogP contribution in [0.15, 0.2) is 12.1 Å². The molecule has 0 amide bonds. The van der Waals surface area contributed by atoms with Crippen molar-refractivity contribution in [1.29, 1.82) is 0 Å². The van der Waals surface area contributed by atoms with Crippen molar-refractivity contribution >= 4 is 11.8 Å². The summed E-state index contributed by atoms with van der Waals surface area (Å²) in [6, 6.07) is 3.96. The molecule has 0 spiro atoms. The average Bonchev–Trinajstić information content (AvgIpc) is 2.45. The number of ether oxygens (including phenoxy) is 1. The largest absolute Gasteiger partial charge is 0.426 e. The second-order valence-corrected chi connectivity index (χ2v) is 8.51. The number of esters is 1. The average molecular weight is 328 g/mol. The van der Waals surface area contributed by atoms with E-state index in [1.165, 1.54) is 44.2 Å². The Labute approximate surface area is 144 Å². The number of rotatable bonds is 2. The zero-order chi connectivity index (χ0) is 17.7. The van der Waals surface area contributed by atoms with E-state index in [-0.39, 0.29) is 17.2 Å². The van der Waals surface area contributed by atoms with Crippen LogP contribution in [-0.2, 0) is 16.6 Å². The van der Waals surface area contributed by atoms with Gasteiger partial charge in [0.2, 0.25) is 0 Å². The molecule has 2 aliphatic carbocycles. The van der Waals surface area contributed by atoms with Crippen LogP contribution in [0.1, 0.15) is 81.8 Å². The number of hydrogen-bond donors (Lipinski definition) is 0. The molecular weight excluding hydrogens is 300 g/mol. The summed E-state index contributed by atoms with van der Waals surface area (Å²) >= 11 is 0. The molecule has 3 rings (SSSR count). The molecule has 1 saturated carbocycles. The highest BCUT2D eigenvalue weighted by atomic mass is 16.5. The van der Waals surface area contributed by atoms with Crippen molar-refractivity contribution in [1.82, 2.24) is 0 Å². The van der Waals surface area contributed by atoms with Gasteiger partial charge in [-0.15, -0.1) is 0 Å². The topological polar surface area (TPSA) is 43.4 Å². The molecule has 1 fully saturated rings. The SMILES string of the molecule is CC(=O)Oc1cc2c(cc1C(C)=O)CCC1C(C)(C)CCCC21C. The second-order valence-electron chi connectivity index (χ2n) is 8.51. The van der Waals surface area contributed by atoms with Crippen molar-refractivity contribution < 1.29 is 14.3 Å². The van der Waals surface area contributed by atoms with Gasteiger partial charge in [0.05, 0.1) is 5.56 Å². The predicted molar refractivity (Wildman–Crippen MR) is 94.6 cm³/mol. The minimum Gasteiger partial charge on any atom is -0.426 e. The van der Waals surface area contributed by atoms with E-state index in [0.717, 1.165) is 12.8 Å². The number of carbonyl (C=O) groups excluding carboxylic acids is 2. The van der Waals surface area contributed by atoms with Gasteiger partial charge in [-0.2, -0.15) is 0 Å². The predicted octanol–water partition coefficient (Wildman–Crippen LogP) is 4.84. The van der Waals surface area contributed by atoms with E-state index in [2.05, 4.69) is 20.8 Å². The summed E-state index contributed by atoms with van der Waals surface area (Å²) in [7, 11) is 0. The van der Waals surface area contributed by atoms with Gasteiger partial charge in [0.1, 0.15) is 5.75 Å². The maximum Gasteiger partial charge on any atom is 0.308 e. The van der Waals surface area contributed by atoms with Crippen LogP contribution in [0.4, 0.5) is 0 Å². The first-order valence-corrected chi connectivity index (χ1v) is 9.02. The number of fused-ring (bicyclic) bond motifs is 3. The van der Waals surface area contributed by atoms with Crippen LogP contribution in [0.5, 0.6) is 5.75 Å². The molecule has 0 bridgehead atoms. The van der Waals surface area contributed by atoms with Gasteiger partial charge in [0.15, 0.2) is 5.78 Å². The molecule has 2 aliphatic rings. The zero-order valence-electron chi connectivity index (χ0n) is 15.5. The summed E-state index contributed by atoms with van der Waals surface area (Å²) in [5, 5.41) is 0. The summed E-state index contributed by atoms with van der Waals surface area (Å²) in [6.45, 7) is 10.1. The Bertz CT molecular complexity index is 701. The molecule has 24 heavy (non-hydrogen) atoms. The third-order valence-electron chi connectivity index (χ3n) is 6.39. The third kappa shape index (κ3) is 2.68. The highest BCUT2D eigenvalue weighted by molar-refractivity contribution is 5.98. The van der Waals surface area contributed by atoms with Gasteiger partial charge in [-0.25, -0.2) is 0 Å². The number of aryl methyl sites for hydroxylation is 1. The Hall–Kier alpha value is -1.64. The lowest BCUT2D eigenvalue weighted by Crippen LogP contribution is -2.47. The van der Waals surface area contributed by atoms with Crippen LogP contribution < -0.4 is 4.74 Å². The molecule has 0 saturated heterocycles. The summed E-state index contributed by atoms with van der Waals surface area (Å²) in [5.41, 5.74) is 3.49. The van der Waals surface area contributed by atoms with E-state index >= 15 is 0 Å². The highest BCUT2D eigenvalue weighted by Crippen LogP contribution is 2.57. The quantitative estimate of drug-likeness (QED) is 0.443. The molecule has 0 N–H and O–H groups in total. The van der Waals surface area contributed by atoms with Crippen LogP contribution in [0.2, 0.25) is 0 Å². The van der Waals surface area contributed by atoms with Gasteiger partial charge in [0, 0.05) is 6.92 Å². The molecule has 1 aromatic rings. The van der Waals surface area contributed by atoms with E-state index in [4.69, 9.17) is 4.74 Å². The Morgan fingerprint density at radius 2 is 1.83 bits per heavy atom. The van der Waals surface area contributed by atoms with Gasteiger partial charge < -0.3 is 4.74 Å². The first-order valence-electron chi connectivity index (χ1n) is 9.02. The number of benzene rings is 1. The monoisotopic (exact) mass is 328 g/mol. The van der Waals surface area contributed by atoms with Crippen LogP contribution in [-0.4, -0.2) is 11.8 Å². The second kappa shape index (κ2) is 5.72. The number of hydrogen-bond acceptors (Lipinski definition) is 3. The van der Waals surface area contributed by atoms with E-state index in [9.17, 15) is 9.59 Å². The van der Waals surface area contributed by atoms with Crippen LogP contribution >= 0.6 is 0 Å². The Kier molecular flexibility index (Phi) is 4.09. The molecule has 3 nitrogen and oxygen atoms in total. The lowest BCUT2D eigenvalue weighted by Gasteiger charge is -2.54. The smallest absolute Gasteiger partial charge is 0.308 e. The van der Waals surface area contributed by atoms with Crippen LogP contribution in [0, 0.1) is 11.3 Å². The lowest BCUT2D eigenvalue weighted by molar-refractivity contribution is -0.131. The fourth-order valence-electron chi connectivity index (χ4n) is 5.33. The van der Waals surface area contributed by atoms with Crippen LogP contribution in [0.3, 0.4) is 0 Å². The molecular formula is C21H28O3. The first-order chi connectivity index (χ1) is 11.1. The van der Waals surface area contributed by atoms with Crippen molar-refractivity contribution in [3.63, 3.8) is 0 Å². The molecule has 0 heterocycles. The minimum atomic E-state index is -0.376. The van der Waals surface area contributed by atoms with Gasteiger partial charge >= 0.3 is 5.97 Å². The van der Waals surface area contributed by atoms with Crippen molar-refractivity contribution in [2.24, 2.45) is 11.3 Å². The lowest BCUT2D eigenvalue weighted by atomic mass is 9.50. The summed E-state index contributed by atoms with van der Waals surface area (Å²) in [4.78, 5) is 23.5. The molecule has 2 atom stereocenters. The number of Topliss-reactive ketones (excluding diaryl/α,β-unsaturated/α-hetero) is 1. The summed E-state index contributed by atoms with van der Waals surface area (Å²) in [5.74, 6) is 0.628. The van der Waals surface area contributed by atoms with Crippen molar-refractivity contribution in [2.75, 3.05) is 0 Å². The molecule has 2 unspecified atom stereocenters. The Morgan fingerprint density at radius 1 is 1.12 bits per heavy atom. The van der Waals surface area contributed by atoms with Gasteiger partial charge in [-0.05, 0) is 72.6 Å². The standard InChI is InChI=1S/C21H28O3/c1-13(22)16-11-15-7-8-19-20(3,4)9-6-10-21(19,5)17(15)12-18(16)24-14(2)23/h11-12,19H,6-10H2,1-5H3. The van der Waals surface area contributed by atoms with Gasteiger partial charge in [-0.1, -0.05) is 27.2 Å². The van der Waals surface area contributed by atoms with E-state index in [0.29, 0.717) is 22.6 Å². The number of carbonyl (C=O) groups is 2. The fourth-order valence-corrected chi connectivity index (χ4v) is 5.33. The minimum absolute atomic E-state index is 0.0506. The van der Waals surface area contributed by atoms with Gasteiger partial charge in [0.25, 0.3) is 0 Å². The molecule has 130 valence electrons. The maximum atomic E-state index is 12.0. The zero-order valence-corrected chi connectivity index (χ0v) is 15.5. The summed E-state index contributed by atoms with van der Waals surface area (Å²) < 4.78 is 5.39. The molecule has 0 aromatic heterocycles. The highest BCUT2D eigenvalue weighted by Gasteiger charge is 2.49. The van der Waals surface area contributed by atoms with Crippen LogP contribution in [0.25, 0.3) is 0 Å². The Morgan fingerprint density at radius 3 is 2.46 bits per heavy atom. The van der Waals surface area contributed by atoms with Crippen molar-refractivity contribution in [3.8, 4) is 5.75 Å². The third-order valence-corrected chi connectivity index (χ3v) is 6.39. The molecule has 0 aliphatic heterocycles. The van der Waals surface area contributed by atoms with E-state index in [1.54, 1.807) is 0 Å². The van der Waals surface area contributed by atoms with Gasteiger partial charge in [-0.3, -0.25) is 9.59 Å². The van der Waals surface area contributed by atoms with E-state index < -0.39 is 0 Å². The number of ketones is 1. The fraction of sp³-hybridized carbons (Fsp3) is 0.619. The normalized spacial score (nSPS) is 27.8. The van der Waals surface area contributed by atoms with Crippen molar-refractivity contribution in [2.45, 2.75) is 72.1 Å². The maximum absolute atomic E-state index is 12.0. The Balaban J connectivity index is 2.15. The molecule has 1 aromatic carbocycles. The van der Waals surface area contributed by atoms with E-state index in [1.807, 2.05) is 12.1 Å². The first kappa shape index (κ1) is 17.2.